The van der Waals surface area contributed by atoms with E-state index in [0.717, 1.165) is 10.2 Å². The Morgan fingerprint density at radius 1 is 1.19 bits per heavy atom. The zero-order valence-electron chi connectivity index (χ0n) is 14.9. The van der Waals surface area contributed by atoms with Gasteiger partial charge in [-0.2, -0.15) is 5.26 Å². The predicted octanol–water partition coefficient (Wildman–Crippen LogP) is 2.66. The van der Waals surface area contributed by atoms with E-state index < -0.39 is 0 Å². The van der Waals surface area contributed by atoms with Crippen molar-refractivity contribution in [2.45, 2.75) is 6.42 Å². The van der Waals surface area contributed by atoms with Crippen LogP contribution in [0.4, 0.5) is 11.5 Å². The van der Waals surface area contributed by atoms with E-state index in [-0.39, 0.29) is 31.3 Å². The van der Waals surface area contributed by atoms with Crippen LogP contribution in [0.5, 0.6) is 0 Å². The molecular formula is C19H20BrN5O2. The standard InChI is InChI=1S/C19H20BrN5O2/c1-24(13-18(26)23-17-9-8-15(20)12-22-17)14-19(27)25(11-5-10-21)16-6-3-2-4-7-16/h2-4,6-9,12H,5,11,13-14H2,1H3,(H,22,23,26). The van der Waals surface area contributed by atoms with Crippen LogP contribution >= 0.6 is 15.9 Å². The van der Waals surface area contributed by atoms with Crippen LogP contribution in [0, 0.1) is 11.3 Å². The molecule has 0 radical (unpaired) electrons. The summed E-state index contributed by atoms with van der Waals surface area (Å²) in [4.78, 5) is 32.1. The van der Waals surface area contributed by atoms with E-state index in [9.17, 15) is 9.59 Å². The van der Waals surface area contributed by atoms with Gasteiger partial charge in [-0.3, -0.25) is 14.5 Å². The van der Waals surface area contributed by atoms with E-state index >= 15 is 0 Å². The van der Waals surface area contributed by atoms with Crippen LogP contribution in [0.15, 0.2) is 53.1 Å². The van der Waals surface area contributed by atoms with Gasteiger partial charge in [0.25, 0.3) is 0 Å². The maximum absolute atomic E-state index is 12.7. The van der Waals surface area contributed by atoms with Crippen molar-refractivity contribution < 1.29 is 9.59 Å². The van der Waals surface area contributed by atoms with Gasteiger partial charge < -0.3 is 10.2 Å². The van der Waals surface area contributed by atoms with Crippen molar-refractivity contribution in [1.29, 1.82) is 5.26 Å². The van der Waals surface area contributed by atoms with Gasteiger partial charge in [-0.1, -0.05) is 18.2 Å². The number of para-hydroxylation sites is 1. The van der Waals surface area contributed by atoms with Crippen LogP contribution in [-0.4, -0.2) is 48.4 Å². The van der Waals surface area contributed by atoms with Crippen LogP contribution in [0.3, 0.4) is 0 Å². The third-order valence-electron chi connectivity index (χ3n) is 3.63. The minimum atomic E-state index is -0.261. The lowest BCUT2D eigenvalue weighted by Gasteiger charge is -2.24. The fourth-order valence-corrected chi connectivity index (χ4v) is 2.65. The zero-order chi connectivity index (χ0) is 19.6. The fraction of sp³-hybridized carbons (Fsp3) is 0.263. The van der Waals surface area contributed by atoms with E-state index in [1.807, 2.05) is 30.3 Å². The first-order valence-corrected chi connectivity index (χ1v) is 9.11. The molecule has 0 unspecified atom stereocenters. The number of amides is 2. The molecule has 2 aromatic rings. The Balaban J connectivity index is 1.92. The number of aromatic nitrogens is 1. The number of nitrogens with one attached hydrogen (secondary N) is 1. The highest BCUT2D eigenvalue weighted by atomic mass is 79.9. The van der Waals surface area contributed by atoms with Gasteiger partial charge >= 0.3 is 0 Å². The van der Waals surface area contributed by atoms with Crippen LogP contribution in [0.1, 0.15) is 6.42 Å². The number of nitrogens with zero attached hydrogens (tertiary/aromatic N) is 4. The first-order valence-electron chi connectivity index (χ1n) is 8.32. The van der Waals surface area contributed by atoms with Crippen molar-refractivity contribution in [3.8, 4) is 6.07 Å². The molecule has 0 spiro atoms. The van der Waals surface area contributed by atoms with Crippen molar-refractivity contribution in [3.05, 3.63) is 53.1 Å². The van der Waals surface area contributed by atoms with Crippen LogP contribution < -0.4 is 10.2 Å². The van der Waals surface area contributed by atoms with Gasteiger partial charge in [0, 0.05) is 22.9 Å². The summed E-state index contributed by atoms with van der Waals surface area (Å²) in [6, 6.07) is 14.7. The number of nitriles is 1. The minimum absolute atomic E-state index is 0.0460. The molecule has 1 heterocycles. The lowest BCUT2D eigenvalue weighted by molar-refractivity contribution is -0.121. The fourth-order valence-electron chi connectivity index (χ4n) is 2.42. The summed E-state index contributed by atoms with van der Waals surface area (Å²) in [6.07, 6.45) is 1.83. The van der Waals surface area contributed by atoms with Crippen molar-refractivity contribution >= 4 is 39.2 Å². The van der Waals surface area contributed by atoms with Crippen LogP contribution in [-0.2, 0) is 9.59 Å². The number of rotatable bonds is 8. The summed E-state index contributed by atoms with van der Waals surface area (Å²) in [5.41, 5.74) is 0.731. The lowest BCUT2D eigenvalue weighted by Crippen LogP contribution is -2.42. The third kappa shape index (κ3) is 6.81. The highest BCUT2D eigenvalue weighted by Gasteiger charge is 2.18. The number of benzene rings is 1. The Bertz CT molecular complexity index is 805. The molecule has 0 aliphatic heterocycles. The first kappa shape index (κ1) is 20.6. The second kappa shape index (κ2) is 10.4. The largest absolute Gasteiger partial charge is 0.310 e. The molecule has 0 aliphatic rings. The average Bonchev–Trinajstić information content (AvgIpc) is 2.64. The molecule has 27 heavy (non-hydrogen) atoms. The average molecular weight is 430 g/mol. The second-order valence-electron chi connectivity index (χ2n) is 5.87. The Hall–Kier alpha value is -2.76. The SMILES string of the molecule is CN(CC(=O)Nc1ccc(Br)cn1)CC(=O)N(CCC#N)c1ccccc1. The highest BCUT2D eigenvalue weighted by Crippen LogP contribution is 2.14. The molecule has 2 amide bonds. The monoisotopic (exact) mass is 429 g/mol. The molecule has 1 aromatic carbocycles. The smallest absolute Gasteiger partial charge is 0.241 e. The normalized spacial score (nSPS) is 10.3. The topological polar surface area (TPSA) is 89.3 Å². The molecule has 0 saturated carbocycles. The second-order valence-corrected chi connectivity index (χ2v) is 6.79. The number of likely N-dealkylation sites (N-methyl/N-ethyl adjacent to an activating group) is 1. The third-order valence-corrected chi connectivity index (χ3v) is 4.10. The van der Waals surface area contributed by atoms with E-state index in [1.165, 1.54) is 0 Å². The number of anilines is 2. The maximum atomic E-state index is 12.7. The Morgan fingerprint density at radius 2 is 1.93 bits per heavy atom. The number of hydrogen-bond donors (Lipinski definition) is 1. The Labute approximate surface area is 166 Å². The van der Waals surface area contributed by atoms with Gasteiger partial charge in [-0.15, -0.1) is 0 Å². The van der Waals surface area contributed by atoms with Gasteiger partial charge in [0.1, 0.15) is 5.82 Å². The summed E-state index contributed by atoms with van der Waals surface area (Å²) in [7, 11) is 1.69. The molecule has 8 heteroatoms. The van der Waals surface area contributed by atoms with E-state index in [1.54, 1.807) is 35.2 Å². The van der Waals surface area contributed by atoms with Gasteiger partial charge in [0.2, 0.25) is 11.8 Å². The summed E-state index contributed by atoms with van der Waals surface area (Å²) in [5.74, 6) is 0.0137. The number of halogens is 1. The van der Waals surface area contributed by atoms with Crippen molar-refractivity contribution in [2.24, 2.45) is 0 Å². The van der Waals surface area contributed by atoms with Crippen molar-refractivity contribution in [2.75, 3.05) is 36.9 Å². The van der Waals surface area contributed by atoms with E-state index in [4.69, 9.17) is 5.26 Å². The summed E-state index contributed by atoms with van der Waals surface area (Å²) in [6.45, 7) is 0.411. The lowest BCUT2D eigenvalue weighted by atomic mass is 10.2. The highest BCUT2D eigenvalue weighted by molar-refractivity contribution is 9.10. The number of pyridine rings is 1. The number of hydrogen-bond acceptors (Lipinski definition) is 5. The molecule has 140 valence electrons. The van der Waals surface area contributed by atoms with E-state index in [0.29, 0.717) is 12.4 Å². The van der Waals surface area contributed by atoms with Crippen LogP contribution in [0.25, 0.3) is 0 Å². The number of carbonyl (C=O) groups excluding carboxylic acids is 2. The molecule has 0 aliphatic carbocycles. The van der Waals surface area contributed by atoms with Gasteiger partial charge in [0.15, 0.2) is 0 Å². The Kier molecular flexibility index (Phi) is 7.92. The summed E-state index contributed by atoms with van der Waals surface area (Å²) >= 11 is 3.28. The quantitative estimate of drug-likeness (QED) is 0.696. The summed E-state index contributed by atoms with van der Waals surface area (Å²) < 4.78 is 0.821. The van der Waals surface area contributed by atoms with Crippen molar-refractivity contribution in [3.63, 3.8) is 0 Å². The summed E-state index contributed by atoms with van der Waals surface area (Å²) in [5, 5.41) is 11.5. The molecule has 1 aromatic heterocycles. The molecule has 0 saturated heterocycles. The molecule has 0 bridgehead atoms. The minimum Gasteiger partial charge on any atom is -0.310 e. The molecule has 1 N–H and O–H groups in total. The Morgan fingerprint density at radius 3 is 2.56 bits per heavy atom. The predicted molar refractivity (Wildman–Crippen MR) is 107 cm³/mol. The van der Waals surface area contributed by atoms with Crippen molar-refractivity contribution in [1.82, 2.24) is 9.88 Å². The first-order chi connectivity index (χ1) is 13.0. The molecular weight excluding hydrogens is 410 g/mol. The molecule has 0 fully saturated rings. The molecule has 7 nitrogen and oxygen atoms in total. The zero-order valence-corrected chi connectivity index (χ0v) is 16.5. The van der Waals surface area contributed by atoms with Gasteiger partial charge in [-0.25, -0.2) is 4.98 Å². The van der Waals surface area contributed by atoms with E-state index in [2.05, 4.69) is 32.3 Å². The molecule has 2 rings (SSSR count). The van der Waals surface area contributed by atoms with Gasteiger partial charge in [-0.05, 0) is 47.2 Å². The van der Waals surface area contributed by atoms with Gasteiger partial charge in [0.05, 0.1) is 25.6 Å². The number of carbonyl (C=O) groups is 2. The van der Waals surface area contributed by atoms with Crippen LogP contribution in [0.2, 0.25) is 0 Å². The molecule has 0 atom stereocenters. The maximum Gasteiger partial charge on any atom is 0.241 e.